The van der Waals surface area contributed by atoms with Gasteiger partial charge in [-0.1, -0.05) is 19.3 Å². The van der Waals surface area contributed by atoms with E-state index >= 15 is 0 Å². The maximum absolute atomic E-state index is 12.6. The van der Waals surface area contributed by atoms with Crippen LogP contribution in [0.15, 0.2) is 21.6 Å². The lowest BCUT2D eigenvalue weighted by Crippen LogP contribution is -2.40. The molecule has 0 aromatic carbocycles. The molecule has 2 aliphatic rings. The van der Waals surface area contributed by atoms with E-state index < -0.39 is 36.8 Å². The number of nitrogens with one attached hydrogen (secondary N) is 1. The first-order valence-corrected chi connectivity index (χ1v) is 13.4. The van der Waals surface area contributed by atoms with E-state index in [0.717, 1.165) is 38.5 Å². The van der Waals surface area contributed by atoms with Gasteiger partial charge in [0.2, 0.25) is 11.0 Å². The Morgan fingerprint density at radius 3 is 2.41 bits per heavy atom. The van der Waals surface area contributed by atoms with Crippen LogP contribution in [0.4, 0.5) is 0 Å². The molecule has 1 aliphatic carbocycles. The van der Waals surface area contributed by atoms with Crippen molar-refractivity contribution in [3.8, 4) is 0 Å². The van der Waals surface area contributed by atoms with Crippen molar-refractivity contribution < 1.29 is 26.0 Å². The van der Waals surface area contributed by atoms with Crippen LogP contribution in [0.5, 0.6) is 0 Å². The Morgan fingerprint density at radius 1 is 1.10 bits per heavy atom. The average Bonchev–Trinajstić information content (AvgIpc) is 3.38. The Morgan fingerprint density at radius 2 is 1.76 bits per heavy atom. The predicted molar refractivity (Wildman–Crippen MR) is 108 cm³/mol. The summed E-state index contributed by atoms with van der Waals surface area (Å²) in [7, 11) is -7.57. The molecule has 1 aromatic heterocycles. The van der Waals surface area contributed by atoms with Gasteiger partial charge in [0.1, 0.15) is 16.8 Å². The quantitative estimate of drug-likeness (QED) is 0.654. The van der Waals surface area contributed by atoms with Crippen LogP contribution >= 0.6 is 0 Å². The van der Waals surface area contributed by atoms with E-state index in [1.165, 1.54) is 29.8 Å². The van der Waals surface area contributed by atoms with Gasteiger partial charge < -0.3 is 9.73 Å². The molecule has 8 nitrogen and oxygen atoms in total. The molecule has 1 unspecified atom stereocenters. The highest BCUT2D eigenvalue weighted by atomic mass is 32.2. The first-order valence-electron chi connectivity index (χ1n) is 10.3. The molecule has 1 aromatic rings. The Bertz CT molecular complexity index is 910. The average molecular weight is 447 g/mol. The zero-order chi connectivity index (χ0) is 21.1. The second kappa shape index (κ2) is 9.18. The standard InChI is InChI=1S/C19H30N2O6S2/c1-15(19(22)20-13-16-7-3-2-4-8-16)28(23,24)14-17-9-10-18(27-17)29(25,26)21-11-5-6-12-21/h9-10,15-16H,2-8,11-14H2,1H3,(H,20,22). The van der Waals surface area contributed by atoms with Crippen LogP contribution in [0, 0.1) is 5.92 Å². The van der Waals surface area contributed by atoms with Crippen molar-refractivity contribution in [2.45, 2.75) is 68.0 Å². The lowest BCUT2D eigenvalue weighted by atomic mass is 9.89. The molecule has 1 atom stereocenters. The Kier molecular flexibility index (Phi) is 7.06. The minimum Gasteiger partial charge on any atom is -0.447 e. The van der Waals surface area contributed by atoms with Crippen LogP contribution in [0.1, 0.15) is 57.6 Å². The highest BCUT2D eigenvalue weighted by Crippen LogP contribution is 2.25. The van der Waals surface area contributed by atoms with Crippen LogP contribution in [-0.4, -0.2) is 51.9 Å². The van der Waals surface area contributed by atoms with Gasteiger partial charge in [-0.2, -0.15) is 4.31 Å². The number of sulfone groups is 1. The molecule has 29 heavy (non-hydrogen) atoms. The van der Waals surface area contributed by atoms with Gasteiger partial charge in [0.15, 0.2) is 9.84 Å². The normalized spacial score (nSPS) is 20.6. The molecule has 2 fully saturated rings. The van der Waals surface area contributed by atoms with Crippen LogP contribution in [-0.2, 0) is 30.4 Å². The van der Waals surface area contributed by atoms with Gasteiger partial charge in [-0.3, -0.25) is 4.79 Å². The topological polar surface area (TPSA) is 114 Å². The fraction of sp³-hybridized carbons (Fsp3) is 0.737. The number of hydrogen-bond donors (Lipinski definition) is 1. The zero-order valence-corrected chi connectivity index (χ0v) is 18.4. The van der Waals surface area contributed by atoms with Crippen molar-refractivity contribution in [3.63, 3.8) is 0 Å². The zero-order valence-electron chi connectivity index (χ0n) is 16.8. The molecular formula is C19H30N2O6S2. The van der Waals surface area contributed by atoms with Gasteiger partial charge in [0.05, 0.1) is 0 Å². The van der Waals surface area contributed by atoms with E-state index in [1.807, 2.05) is 0 Å². The summed E-state index contributed by atoms with van der Waals surface area (Å²) in [5.41, 5.74) is 0. The third-order valence-electron chi connectivity index (χ3n) is 5.84. The van der Waals surface area contributed by atoms with Crippen molar-refractivity contribution in [3.05, 3.63) is 17.9 Å². The number of amides is 1. The number of sulfonamides is 1. The molecule has 1 aliphatic heterocycles. The van der Waals surface area contributed by atoms with Gasteiger partial charge >= 0.3 is 0 Å². The molecule has 0 spiro atoms. The summed E-state index contributed by atoms with van der Waals surface area (Å²) in [4.78, 5) is 12.3. The number of carbonyl (C=O) groups excluding carboxylic acids is 1. The maximum Gasteiger partial charge on any atom is 0.276 e. The van der Waals surface area contributed by atoms with Crippen molar-refractivity contribution >= 4 is 25.8 Å². The van der Waals surface area contributed by atoms with Crippen molar-refractivity contribution in [1.29, 1.82) is 0 Å². The van der Waals surface area contributed by atoms with E-state index in [-0.39, 0.29) is 10.9 Å². The lowest BCUT2D eigenvalue weighted by molar-refractivity contribution is -0.120. The minimum absolute atomic E-state index is 0.0229. The van der Waals surface area contributed by atoms with E-state index in [0.29, 0.717) is 25.6 Å². The monoisotopic (exact) mass is 446 g/mol. The molecule has 0 bridgehead atoms. The molecule has 10 heteroatoms. The van der Waals surface area contributed by atoms with Crippen LogP contribution in [0.2, 0.25) is 0 Å². The molecule has 3 rings (SSSR count). The summed E-state index contributed by atoms with van der Waals surface area (Å²) in [6.07, 6.45) is 7.23. The first-order chi connectivity index (χ1) is 13.7. The predicted octanol–water partition coefficient (Wildman–Crippen LogP) is 2.06. The molecule has 164 valence electrons. The van der Waals surface area contributed by atoms with Crippen LogP contribution in [0.3, 0.4) is 0 Å². The van der Waals surface area contributed by atoms with Crippen molar-refractivity contribution in [2.24, 2.45) is 5.92 Å². The third-order valence-corrected chi connectivity index (χ3v) is 9.59. The third kappa shape index (κ3) is 5.40. The minimum atomic E-state index is -3.83. The highest BCUT2D eigenvalue weighted by molar-refractivity contribution is 7.92. The Labute approximate surface area is 173 Å². The van der Waals surface area contributed by atoms with E-state index in [2.05, 4.69) is 5.32 Å². The Balaban J connectivity index is 1.59. The largest absolute Gasteiger partial charge is 0.447 e. The van der Waals surface area contributed by atoms with Crippen LogP contribution < -0.4 is 5.32 Å². The molecule has 1 saturated carbocycles. The van der Waals surface area contributed by atoms with E-state index in [4.69, 9.17) is 4.42 Å². The number of carbonyl (C=O) groups is 1. The van der Waals surface area contributed by atoms with Gasteiger partial charge in [0.25, 0.3) is 10.0 Å². The van der Waals surface area contributed by atoms with E-state index in [1.54, 1.807) is 0 Å². The molecular weight excluding hydrogens is 416 g/mol. The molecule has 0 radical (unpaired) electrons. The molecule has 2 heterocycles. The number of furan rings is 1. The molecule has 1 saturated heterocycles. The van der Waals surface area contributed by atoms with Gasteiger partial charge in [-0.15, -0.1) is 0 Å². The van der Waals surface area contributed by atoms with Crippen molar-refractivity contribution in [1.82, 2.24) is 9.62 Å². The summed E-state index contributed by atoms with van der Waals surface area (Å²) in [6, 6.07) is 2.64. The number of nitrogens with zero attached hydrogens (tertiary/aromatic N) is 1. The molecule has 1 N–H and O–H groups in total. The number of hydrogen-bond acceptors (Lipinski definition) is 6. The van der Waals surface area contributed by atoms with Gasteiger partial charge in [0, 0.05) is 19.6 Å². The second-order valence-corrected chi connectivity index (χ2v) is 12.2. The SMILES string of the molecule is CC(C(=O)NCC1CCCCC1)S(=O)(=O)Cc1ccc(S(=O)(=O)N2CCCC2)o1. The number of rotatable bonds is 8. The Hall–Kier alpha value is -1.39. The second-order valence-electron chi connectivity index (χ2n) is 8.03. The summed E-state index contributed by atoms with van der Waals surface area (Å²) < 4.78 is 57.0. The van der Waals surface area contributed by atoms with E-state index in [9.17, 15) is 21.6 Å². The fourth-order valence-corrected chi connectivity index (χ4v) is 6.55. The highest BCUT2D eigenvalue weighted by Gasteiger charge is 2.33. The molecule has 1 amide bonds. The van der Waals surface area contributed by atoms with Crippen molar-refractivity contribution in [2.75, 3.05) is 19.6 Å². The summed E-state index contributed by atoms with van der Waals surface area (Å²) >= 11 is 0. The lowest BCUT2D eigenvalue weighted by Gasteiger charge is -2.22. The van der Waals surface area contributed by atoms with Crippen LogP contribution in [0.25, 0.3) is 0 Å². The summed E-state index contributed by atoms with van der Waals surface area (Å²) in [5.74, 6) is -0.603. The maximum atomic E-state index is 12.6. The van der Waals surface area contributed by atoms with Gasteiger partial charge in [-0.05, 0) is 50.7 Å². The summed E-state index contributed by atoms with van der Waals surface area (Å²) in [5, 5.41) is 1.28. The van der Waals surface area contributed by atoms with Gasteiger partial charge in [-0.25, -0.2) is 16.8 Å². The smallest absolute Gasteiger partial charge is 0.276 e. The first kappa shape index (κ1) is 22.3. The fourth-order valence-electron chi connectivity index (χ4n) is 3.90. The summed E-state index contributed by atoms with van der Waals surface area (Å²) in [6.45, 7) is 2.73.